The number of anilines is 1. The van der Waals surface area contributed by atoms with Crippen LogP contribution in [0.4, 0.5) is 5.69 Å². The number of quaternary nitrogens is 1. The van der Waals surface area contributed by atoms with Gasteiger partial charge in [0.15, 0.2) is 6.54 Å². The van der Waals surface area contributed by atoms with Gasteiger partial charge in [-0.05, 0) is 47.9 Å². The third kappa shape index (κ3) is 4.25. The standard InChI is InChI=1S/C22H24N2O/c1-16-7-6-10-21(17(16)2)23-22(25)15-24(3)14-18-11-12-19-8-4-5-9-20(19)13-18/h4-13H,14-15H2,1-3H3,(H,23,25)/p+1. The first kappa shape index (κ1) is 17.2. The number of carbonyl (C=O) groups is 1. The number of fused-ring (bicyclic) bond motifs is 1. The molecule has 3 nitrogen and oxygen atoms in total. The van der Waals surface area contributed by atoms with Crippen LogP contribution in [-0.4, -0.2) is 19.5 Å². The van der Waals surface area contributed by atoms with Crippen molar-refractivity contribution in [2.24, 2.45) is 0 Å². The summed E-state index contributed by atoms with van der Waals surface area (Å²) >= 11 is 0. The monoisotopic (exact) mass is 333 g/mol. The minimum Gasteiger partial charge on any atom is -0.326 e. The lowest BCUT2D eigenvalue weighted by Gasteiger charge is -2.15. The maximum atomic E-state index is 12.4. The fraction of sp³-hybridized carbons (Fsp3) is 0.227. The van der Waals surface area contributed by atoms with E-state index in [0.717, 1.165) is 22.7 Å². The molecule has 0 spiro atoms. The highest BCUT2D eigenvalue weighted by atomic mass is 16.2. The molecule has 0 aliphatic rings. The molecule has 0 bridgehead atoms. The smallest absolute Gasteiger partial charge is 0.279 e. The van der Waals surface area contributed by atoms with Crippen molar-refractivity contribution in [1.82, 2.24) is 0 Å². The topological polar surface area (TPSA) is 33.5 Å². The Hall–Kier alpha value is -2.65. The lowest BCUT2D eigenvalue weighted by atomic mass is 10.1. The van der Waals surface area contributed by atoms with Crippen molar-refractivity contribution < 1.29 is 9.69 Å². The van der Waals surface area contributed by atoms with Crippen LogP contribution in [0.1, 0.15) is 16.7 Å². The maximum Gasteiger partial charge on any atom is 0.279 e. The molecular formula is C22H25N2O+. The zero-order chi connectivity index (χ0) is 17.8. The molecule has 3 aromatic carbocycles. The predicted molar refractivity (Wildman–Crippen MR) is 104 cm³/mol. The molecule has 0 saturated heterocycles. The largest absolute Gasteiger partial charge is 0.326 e. The van der Waals surface area contributed by atoms with Gasteiger partial charge in [-0.1, -0.05) is 48.5 Å². The van der Waals surface area contributed by atoms with E-state index in [-0.39, 0.29) is 5.91 Å². The highest BCUT2D eigenvalue weighted by Crippen LogP contribution is 2.17. The van der Waals surface area contributed by atoms with Crippen LogP contribution in [0.3, 0.4) is 0 Å². The Morgan fingerprint density at radius 1 is 0.960 bits per heavy atom. The second-order valence-corrected chi connectivity index (χ2v) is 6.79. The molecule has 0 radical (unpaired) electrons. The summed E-state index contributed by atoms with van der Waals surface area (Å²) < 4.78 is 0. The first-order chi connectivity index (χ1) is 12.0. The Kier molecular flexibility index (Phi) is 5.15. The second-order valence-electron chi connectivity index (χ2n) is 6.79. The lowest BCUT2D eigenvalue weighted by Crippen LogP contribution is -3.08. The van der Waals surface area contributed by atoms with E-state index in [0.29, 0.717) is 6.54 Å². The molecule has 0 aliphatic heterocycles. The summed E-state index contributed by atoms with van der Waals surface area (Å²) in [5.41, 5.74) is 4.47. The fourth-order valence-corrected chi connectivity index (χ4v) is 3.11. The molecule has 0 fully saturated rings. The van der Waals surface area contributed by atoms with Gasteiger partial charge in [-0.2, -0.15) is 0 Å². The summed E-state index contributed by atoms with van der Waals surface area (Å²) in [7, 11) is 2.05. The first-order valence-electron chi connectivity index (χ1n) is 8.68. The summed E-state index contributed by atoms with van der Waals surface area (Å²) in [5, 5.41) is 5.53. The molecule has 1 amide bonds. The van der Waals surface area contributed by atoms with Crippen LogP contribution in [0.2, 0.25) is 0 Å². The van der Waals surface area contributed by atoms with Crippen molar-refractivity contribution in [3.63, 3.8) is 0 Å². The number of benzene rings is 3. The van der Waals surface area contributed by atoms with Gasteiger partial charge >= 0.3 is 0 Å². The SMILES string of the molecule is Cc1cccc(NC(=O)C[NH+](C)Cc2ccc3ccccc3c2)c1C. The van der Waals surface area contributed by atoms with Gasteiger partial charge in [-0.15, -0.1) is 0 Å². The van der Waals surface area contributed by atoms with Crippen LogP contribution >= 0.6 is 0 Å². The van der Waals surface area contributed by atoms with E-state index in [1.165, 1.54) is 21.9 Å². The van der Waals surface area contributed by atoms with E-state index in [4.69, 9.17) is 0 Å². The van der Waals surface area contributed by atoms with Gasteiger partial charge in [-0.3, -0.25) is 4.79 Å². The number of carbonyl (C=O) groups excluding carboxylic acids is 1. The average Bonchev–Trinajstić information content (AvgIpc) is 2.58. The molecule has 0 saturated carbocycles. The lowest BCUT2D eigenvalue weighted by molar-refractivity contribution is -0.885. The van der Waals surface area contributed by atoms with Crippen LogP contribution < -0.4 is 10.2 Å². The Bertz CT molecular complexity index is 901. The van der Waals surface area contributed by atoms with Crippen LogP contribution in [-0.2, 0) is 11.3 Å². The molecule has 1 atom stereocenters. The number of nitrogens with one attached hydrogen (secondary N) is 2. The summed E-state index contributed by atoms with van der Waals surface area (Å²) in [5.74, 6) is 0.0481. The van der Waals surface area contributed by atoms with Gasteiger partial charge < -0.3 is 10.2 Å². The highest BCUT2D eigenvalue weighted by Gasteiger charge is 2.12. The van der Waals surface area contributed by atoms with Crippen LogP contribution in [0.25, 0.3) is 10.8 Å². The fourth-order valence-electron chi connectivity index (χ4n) is 3.11. The molecule has 1 unspecified atom stereocenters. The minimum atomic E-state index is 0.0481. The Morgan fingerprint density at radius 2 is 1.72 bits per heavy atom. The zero-order valence-electron chi connectivity index (χ0n) is 15.1. The number of rotatable bonds is 5. The van der Waals surface area contributed by atoms with Crippen molar-refractivity contribution in [2.45, 2.75) is 20.4 Å². The average molecular weight is 333 g/mol. The molecule has 3 rings (SSSR count). The summed E-state index contributed by atoms with van der Waals surface area (Å²) in [6, 6.07) is 20.8. The highest BCUT2D eigenvalue weighted by molar-refractivity contribution is 5.92. The number of aryl methyl sites for hydroxylation is 1. The molecule has 3 aromatic rings. The number of likely N-dealkylation sites (N-methyl/N-ethyl adjacent to an activating group) is 1. The normalized spacial score (nSPS) is 12.1. The van der Waals surface area contributed by atoms with E-state index in [1.807, 2.05) is 19.1 Å². The molecule has 0 heterocycles. The molecule has 0 aliphatic carbocycles. The third-order valence-electron chi connectivity index (χ3n) is 4.66. The van der Waals surface area contributed by atoms with E-state index in [1.54, 1.807) is 0 Å². The van der Waals surface area contributed by atoms with Crippen molar-refractivity contribution in [1.29, 1.82) is 0 Å². The summed E-state index contributed by atoms with van der Waals surface area (Å²) in [6.07, 6.45) is 0. The third-order valence-corrected chi connectivity index (χ3v) is 4.66. The van der Waals surface area contributed by atoms with E-state index < -0.39 is 0 Å². The van der Waals surface area contributed by atoms with Crippen molar-refractivity contribution in [3.05, 3.63) is 77.4 Å². The van der Waals surface area contributed by atoms with Gasteiger partial charge in [0.2, 0.25) is 0 Å². The number of hydrogen-bond donors (Lipinski definition) is 2. The molecular weight excluding hydrogens is 308 g/mol. The molecule has 2 N–H and O–H groups in total. The quantitative estimate of drug-likeness (QED) is 0.739. The first-order valence-corrected chi connectivity index (χ1v) is 8.68. The maximum absolute atomic E-state index is 12.4. The van der Waals surface area contributed by atoms with Crippen LogP contribution in [0, 0.1) is 13.8 Å². The minimum absolute atomic E-state index is 0.0481. The van der Waals surface area contributed by atoms with Gasteiger partial charge in [-0.25, -0.2) is 0 Å². The van der Waals surface area contributed by atoms with E-state index in [9.17, 15) is 4.79 Å². The van der Waals surface area contributed by atoms with Gasteiger partial charge in [0, 0.05) is 11.3 Å². The van der Waals surface area contributed by atoms with Crippen LogP contribution in [0.15, 0.2) is 60.7 Å². The number of hydrogen-bond acceptors (Lipinski definition) is 1. The van der Waals surface area contributed by atoms with Gasteiger partial charge in [0.25, 0.3) is 5.91 Å². The van der Waals surface area contributed by atoms with Crippen molar-refractivity contribution in [2.75, 3.05) is 18.9 Å². The molecule has 0 aromatic heterocycles. The van der Waals surface area contributed by atoms with E-state index in [2.05, 4.69) is 67.8 Å². The second kappa shape index (κ2) is 7.49. The van der Waals surface area contributed by atoms with Gasteiger partial charge in [0.05, 0.1) is 7.05 Å². The summed E-state index contributed by atoms with van der Waals surface area (Å²) in [4.78, 5) is 13.5. The molecule has 128 valence electrons. The van der Waals surface area contributed by atoms with E-state index >= 15 is 0 Å². The van der Waals surface area contributed by atoms with Gasteiger partial charge in [0.1, 0.15) is 6.54 Å². The molecule has 25 heavy (non-hydrogen) atoms. The Labute approximate surface area is 149 Å². The predicted octanol–water partition coefficient (Wildman–Crippen LogP) is 3.11. The Morgan fingerprint density at radius 3 is 2.52 bits per heavy atom. The number of amides is 1. The summed E-state index contributed by atoms with van der Waals surface area (Å²) in [6.45, 7) is 5.37. The zero-order valence-corrected chi connectivity index (χ0v) is 15.1. The van der Waals surface area contributed by atoms with Crippen LogP contribution in [0.5, 0.6) is 0 Å². The van der Waals surface area contributed by atoms with Crippen molar-refractivity contribution in [3.8, 4) is 0 Å². The van der Waals surface area contributed by atoms with Crippen molar-refractivity contribution >= 4 is 22.4 Å². The Balaban J connectivity index is 1.62. The molecule has 3 heteroatoms.